The van der Waals surface area contributed by atoms with E-state index >= 15 is 0 Å². The highest BCUT2D eigenvalue weighted by Crippen LogP contribution is 2.27. The standard InChI is InChI=1S/C24H21FN4O3S/c1-16-5-7-20(8-6-16)29-33(31,32)23-12-21(9-10-22(23)25)28-24(30)18-4-2-3-17(11-18)19-13-26-15-27-14-19/h2-15,24,28-30H,1H3. The molecule has 3 N–H and O–H groups in total. The minimum absolute atomic E-state index is 0.238. The molecule has 0 aliphatic heterocycles. The van der Waals surface area contributed by atoms with E-state index in [2.05, 4.69) is 20.0 Å². The zero-order valence-corrected chi connectivity index (χ0v) is 18.4. The van der Waals surface area contributed by atoms with E-state index in [1.54, 1.807) is 54.9 Å². The minimum atomic E-state index is -4.18. The number of anilines is 2. The molecule has 4 aromatic rings. The molecule has 168 valence electrons. The molecule has 1 atom stereocenters. The van der Waals surface area contributed by atoms with Gasteiger partial charge in [0, 0.05) is 34.9 Å². The molecule has 0 aliphatic rings. The molecule has 0 spiro atoms. The Morgan fingerprint density at radius 1 is 0.909 bits per heavy atom. The van der Waals surface area contributed by atoms with Gasteiger partial charge in [-0.1, -0.05) is 35.9 Å². The molecule has 3 aromatic carbocycles. The summed E-state index contributed by atoms with van der Waals surface area (Å²) in [5.41, 5.74) is 3.64. The number of aromatic nitrogens is 2. The van der Waals surface area contributed by atoms with Gasteiger partial charge < -0.3 is 10.4 Å². The molecule has 4 rings (SSSR count). The van der Waals surface area contributed by atoms with Crippen molar-refractivity contribution in [3.63, 3.8) is 0 Å². The molecule has 0 fully saturated rings. The molecule has 0 radical (unpaired) electrons. The second-order valence-electron chi connectivity index (χ2n) is 7.42. The second kappa shape index (κ2) is 9.35. The van der Waals surface area contributed by atoms with Crippen molar-refractivity contribution in [1.82, 2.24) is 9.97 Å². The fourth-order valence-corrected chi connectivity index (χ4v) is 4.37. The highest BCUT2D eigenvalue weighted by molar-refractivity contribution is 7.92. The van der Waals surface area contributed by atoms with Gasteiger partial charge in [0.2, 0.25) is 0 Å². The molecule has 7 nitrogen and oxygen atoms in total. The summed E-state index contributed by atoms with van der Waals surface area (Å²) in [7, 11) is -4.18. The number of aliphatic hydroxyl groups is 1. The van der Waals surface area contributed by atoms with Crippen LogP contribution in [-0.4, -0.2) is 23.5 Å². The first-order chi connectivity index (χ1) is 15.8. The van der Waals surface area contributed by atoms with Crippen molar-refractivity contribution in [1.29, 1.82) is 0 Å². The SMILES string of the molecule is Cc1ccc(NS(=O)(=O)c2cc(NC(O)c3cccc(-c4cncnc4)c3)ccc2F)cc1. The van der Waals surface area contributed by atoms with Gasteiger partial charge in [-0.15, -0.1) is 0 Å². The van der Waals surface area contributed by atoms with Gasteiger partial charge >= 0.3 is 0 Å². The zero-order chi connectivity index (χ0) is 23.4. The third-order valence-corrected chi connectivity index (χ3v) is 6.32. The molecule has 0 amide bonds. The average molecular weight is 465 g/mol. The van der Waals surface area contributed by atoms with Crippen LogP contribution >= 0.6 is 0 Å². The largest absolute Gasteiger partial charge is 0.369 e. The molecule has 1 aromatic heterocycles. The molecule has 1 heterocycles. The van der Waals surface area contributed by atoms with Crippen molar-refractivity contribution >= 4 is 21.4 Å². The third kappa shape index (κ3) is 5.33. The van der Waals surface area contributed by atoms with E-state index in [0.29, 0.717) is 11.3 Å². The first kappa shape index (κ1) is 22.4. The molecule has 0 saturated heterocycles. The highest BCUT2D eigenvalue weighted by atomic mass is 32.2. The van der Waals surface area contributed by atoms with Crippen LogP contribution in [0.3, 0.4) is 0 Å². The lowest BCUT2D eigenvalue weighted by molar-refractivity contribution is 0.208. The van der Waals surface area contributed by atoms with Crippen LogP contribution in [0, 0.1) is 12.7 Å². The summed E-state index contributed by atoms with van der Waals surface area (Å²) in [6.45, 7) is 1.88. The average Bonchev–Trinajstić information content (AvgIpc) is 2.82. The number of nitrogens with zero attached hydrogens (tertiary/aromatic N) is 2. The van der Waals surface area contributed by atoms with E-state index in [-0.39, 0.29) is 5.69 Å². The monoisotopic (exact) mass is 464 g/mol. The first-order valence-corrected chi connectivity index (χ1v) is 11.5. The fourth-order valence-electron chi connectivity index (χ4n) is 3.21. The quantitative estimate of drug-likeness (QED) is 0.348. The number of nitrogens with one attached hydrogen (secondary N) is 2. The van der Waals surface area contributed by atoms with Crippen LogP contribution in [0.2, 0.25) is 0 Å². The Balaban J connectivity index is 1.56. The molecule has 0 aliphatic carbocycles. The Morgan fingerprint density at radius 3 is 2.33 bits per heavy atom. The maximum atomic E-state index is 14.4. The Labute approximate surface area is 191 Å². The second-order valence-corrected chi connectivity index (χ2v) is 9.07. The van der Waals surface area contributed by atoms with Gasteiger partial charge in [-0.2, -0.15) is 0 Å². The Kier molecular flexibility index (Phi) is 6.34. The van der Waals surface area contributed by atoms with Gasteiger partial charge in [0.1, 0.15) is 17.0 Å². The Hall–Kier alpha value is -3.82. The number of benzene rings is 3. The lowest BCUT2D eigenvalue weighted by Crippen LogP contribution is -2.16. The van der Waals surface area contributed by atoms with Crippen LogP contribution in [0.15, 0.2) is 90.3 Å². The summed E-state index contributed by atoms with van der Waals surface area (Å²) in [4.78, 5) is 7.45. The van der Waals surface area contributed by atoms with Gasteiger partial charge in [-0.3, -0.25) is 4.72 Å². The zero-order valence-electron chi connectivity index (χ0n) is 17.6. The highest BCUT2D eigenvalue weighted by Gasteiger charge is 2.21. The van der Waals surface area contributed by atoms with Crippen LogP contribution in [0.25, 0.3) is 11.1 Å². The molecule has 9 heteroatoms. The lowest BCUT2D eigenvalue weighted by atomic mass is 10.0. The van der Waals surface area contributed by atoms with Crippen molar-refractivity contribution in [3.8, 4) is 11.1 Å². The lowest BCUT2D eigenvalue weighted by Gasteiger charge is -2.17. The number of hydrogen-bond acceptors (Lipinski definition) is 6. The number of sulfonamides is 1. The van der Waals surface area contributed by atoms with Crippen molar-refractivity contribution in [3.05, 3.63) is 102 Å². The summed E-state index contributed by atoms with van der Waals surface area (Å²) in [5.74, 6) is -0.902. The van der Waals surface area contributed by atoms with E-state index in [0.717, 1.165) is 28.8 Å². The van der Waals surface area contributed by atoms with Crippen molar-refractivity contribution in [2.45, 2.75) is 18.0 Å². The first-order valence-electron chi connectivity index (χ1n) is 10.0. The third-order valence-electron chi connectivity index (χ3n) is 4.92. The molecule has 0 bridgehead atoms. The smallest absolute Gasteiger partial charge is 0.264 e. The van der Waals surface area contributed by atoms with Crippen molar-refractivity contribution < 1.29 is 17.9 Å². The Morgan fingerprint density at radius 2 is 1.61 bits per heavy atom. The van der Waals surface area contributed by atoms with E-state index in [1.807, 2.05) is 13.0 Å². The molecule has 1 unspecified atom stereocenters. The summed E-state index contributed by atoms with van der Waals surface area (Å²) in [6, 6.07) is 17.3. The fraction of sp³-hybridized carbons (Fsp3) is 0.0833. The molecular weight excluding hydrogens is 443 g/mol. The van der Waals surface area contributed by atoms with Crippen LogP contribution < -0.4 is 10.0 Å². The van der Waals surface area contributed by atoms with Gasteiger partial charge in [0.25, 0.3) is 10.0 Å². The van der Waals surface area contributed by atoms with Gasteiger partial charge in [0.05, 0.1) is 0 Å². The van der Waals surface area contributed by atoms with Crippen LogP contribution in [-0.2, 0) is 10.0 Å². The predicted molar refractivity (Wildman–Crippen MR) is 124 cm³/mol. The van der Waals surface area contributed by atoms with Gasteiger partial charge in [0.15, 0.2) is 6.23 Å². The molecular formula is C24H21FN4O3S. The number of aliphatic hydroxyl groups excluding tert-OH is 1. The maximum Gasteiger partial charge on any atom is 0.264 e. The minimum Gasteiger partial charge on any atom is -0.369 e. The summed E-state index contributed by atoms with van der Waals surface area (Å²) in [5, 5.41) is 13.5. The van der Waals surface area contributed by atoms with Gasteiger partial charge in [-0.05, 0) is 48.9 Å². The molecule has 0 saturated carbocycles. The number of hydrogen-bond donors (Lipinski definition) is 3. The maximum absolute atomic E-state index is 14.4. The number of rotatable bonds is 7. The van der Waals surface area contributed by atoms with Crippen molar-refractivity contribution in [2.75, 3.05) is 10.0 Å². The van der Waals surface area contributed by atoms with E-state index in [4.69, 9.17) is 0 Å². The normalized spacial score (nSPS) is 12.2. The summed E-state index contributed by atoms with van der Waals surface area (Å²) < 4.78 is 42.3. The predicted octanol–water partition coefficient (Wildman–Crippen LogP) is 4.49. The van der Waals surface area contributed by atoms with Gasteiger partial charge in [-0.25, -0.2) is 22.8 Å². The van der Waals surface area contributed by atoms with E-state index in [1.165, 1.54) is 12.4 Å². The summed E-state index contributed by atoms with van der Waals surface area (Å²) >= 11 is 0. The summed E-state index contributed by atoms with van der Waals surface area (Å²) in [6.07, 6.45) is 3.58. The molecule has 33 heavy (non-hydrogen) atoms. The topological polar surface area (TPSA) is 104 Å². The van der Waals surface area contributed by atoms with Crippen LogP contribution in [0.5, 0.6) is 0 Å². The number of aryl methyl sites for hydroxylation is 1. The Bertz CT molecular complexity index is 1360. The number of halogens is 1. The van der Waals surface area contributed by atoms with E-state index in [9.17, 15) is 17.9 Å². The van der Waals surface area contributed by atoms with Crippen LogP contribution in [0.1, 0.15) is 17.4 Å². The van der Waals surface area contributed by atoms with E-state index < -0.39 is 27.0 Å². The van der Waals surface area contributed by atoms with Crippen molar-refractivity contribution in [2.24, 2.45) is 0 Å². The van der Waals surface area contributed by atoms with Crippen LogP contribution in [0.4, 0.5) is 15.8 Å².